The first-order valence-corrected chi connectivity index (χ1v) is 28.9. The fourth-order valence-corrected chi connectivity index (χ4v) is 9.11. The van der Waals surface area contributed by atoms with E-state index in [1.165, 1.54) is 231 Å². The minimum atomic E-state index is -0.674. The Morgan fingerprint density at radius 1 is 0.422 bits per heavy atom. The highest BCUT2D eigenvalue weighted by molar-refractivity contribution is 5.76. The van der Waals surface area contributed by atoms with E-state index in [1.54, 1.807) is 0 Å². The second-order valence-electron chi connectivity index (χ2n) is 20.0. The highest BCUT2D eigenvalue weighted by atomic mass is 16.5. The van der Waals surface area contributed by atoms with Gasteiger partial charge in [-0.15, -0.1) is 0 Å². The Bertz CT molecular complexity index is 955. The van der Waals surface area contributed by atoms with E-state index < -0.39 is 12.1 Å². The molecule has 0 aromatic rings. The normalized spacial score (nSPS) is 12.6. The zero-order valence-electron chi connectivity index (χ0n) is 43.3. The van der Waals surface area contributed by atoms with Crippen molar-refractivity contribution in [3.8, 4) is 0 Å². The lowest BCUT2D eigenvalue weighted by molar-refractivity contribution is -0.143. The van der Waals surface area contributed by atoms with Crippen LogP contribution in [-0.2, 0) is 14.3 Å². The SMILES string of the molecule is CCCCCCCC/C=C\CCCCCCCCCC(=O)OCCCCCCCCCCCCCCC(=O)NC(CO)C(O)CCCCCCCCCCCCCCCCCCCC. The van der Waals surface area contributed by atoms with Crippen LogP contribution in [0.1, 0.15) is 322 Å². The van der Waals surface area contributed by atoms with Gasteiger partial charge < -0.3 is 20.3 Å². The number of nitrogens with one attached hydrogen (secondary N) is 1. The van der Waals surface area contributed by atoms with Gasteiger partial charge in [-0.25, -0.2) is 0 Å². The van der Waals surface area contributed by atoms with Crippen LogP contribution >= 0.6 is 0 Å². The van der Waals surface area contributed by atoms with Gasteiger partial charge in [-0.05, 0) is 51.4 Å². The molecular formula is C58H113NO5. The number of unbranched alkanes of at least 4 members (excludes halogenated alkanes) is 41. The van der Waals surface area contributed by atoms with Gasteiger partial charge in [0.2, 0.25) is 5.91 Å². The van der Waals surface area contributed by atoms with Crippen LogP contribution in [0.4, 0.5) is 0 Å². The molecule has 0 bridgehead atoms. The first kappa shape index (κ1) is 62.6. The zero-order chi connectivity index (χ0) is 46.5. The summed E-state index contributed by atoms with van der Waals surface area (Å²) in [6.07, 6.45) is 63.3. The average molecular weight is 905 g/mol. The molecule has 0 radical (unpaired) electrons. The molecule has 0 aliphatic carbocycles. The second-order valence-corrected chi connectivity index (χ2v) is 20.0. The number of rotatable bonds is 54. The number of allylic oxidation sites excluding steroid dienone is 2. The van der Waals surface area contributed by atoms with Gasteiger partial charge in [0.25, 0.3) is 0 Å². The molecule has 2 unspecified atom stereocenters. The number of hydrogen-bond donors (Lipinski definition) is 3. The maximum absolute atomic E-state index is 12.5. The van der Waals surface area contributed by atoms with Crippen molar-refractivity contribution in [2.75, 3.05) is 13.2 Å². The Balaban J connectivity index is 3.44. The van der Waals surface area contributed by atoms with Gasteiger partial charge in [0, 0.05) is 12.8 Å². The molecule has 6 nitrogen and oxygen atoms in total. The summed E-state index contributed by atoms with van der Waals surface area (Å²) in [6.45, 7) is 4.94. The molecule has 64 heavy (non-hydrogen) atoms. The lowest BCUT2D eigenvalue weighted by Gasteiger charge is -2.22. The average Bonchev–Trinajstić information content (AvgIpc) is 3.29. The molecule has 0 aliphatic heterocycles. The summed E-state index contributed by atoms with van der Waals surface area (Å²) in [5.41, 5.74) is 0. The Labute approximate surface area is 399 Å². The van der Waals surface area contributed by atoms with Gasteiger partial charge in [-0.1, -0.05) is 270 Å². The first-order chi connectivity index (χ1) is 31.5. The molecule has 3 N–H and O–H groups in total. The van der Waals surface area contributed by atoms with Crippen LogP contribution in [0.3, 0.4) is 0 Å². The van der Waals surface area contributed by atoms with Crippen LogP contribution in [-0.4, -0.2) is 47.4 Å². The lowest BCUT2D eigenvalue weighted by atomic mass is 10.0. The predicted molar refractivity (Wildman–Crippen MR) is 278 cm³/mol. The van der Waals surface area contributed by atoms with E-state index in [0.29, 0.717) is 25.9 Å². The van der Waals surface area contributed by atoms with E-state index in [4.69, 9.17) is 4.74 Å². The number of esters is 1. The Kier molecular flexibility index (Phi) is 53.0. The van der Waals surface area contributed by atoms with Crippen molar-refractivity contribution in [1.82, 2.24) is 5.32 Å². The van der Waals surface area contributed by atoms with E-state index in [-0.39, 0.29) is 18.5 Å². The van der Waals surface area contributed by atoms with Crippen LogP contribution in [0.25, 0.3) is 0 Å². The Hall–Kier alpha value is -1.40. The van der Waals surface area contributed by atoms with Crippen molar-refractivity contribution in [2.45, 2.75) is 334 Å². The van der Waals surface area contributed by atoms with Gasteiger partial charge in [-0.2, -0.15) is 0 Å². The van der Waals surface area contributed by atoms with Gasteiger partial charge in [0.05, 0.1) is 25.4 Å². The first-order valence-electron chi connectivity index (χ1n) is 28.9. The number of carbonyl (C=O) groups is 2. The summed E-state index contributed by atoms with van der Waals surface area (Å²) in [6, 6.07) is -0.553. The van der Waals surface area contributed by atoms with Crippen molar-refractivity contribution >= 4 is 11.9 Å². The number of aliphatic hydroxyl groups excluding tert-OH is 2. The molecule has 2 atom stereocenters. The standard InChI is InChI=1S/C58H113NO5/c1-3-5-7-9-11-13-15-17-19-21-23-24-26-30-34-38-42-46-50-56(61)55(54-60)59-57(62)51-47-43-39-35-31-28-29-33-37-41-45-49-53-64-58(63)52-48-44-40-36-32-27-25-22-20-18-16-14-12-10-8-6-4-2/h18,20,55-56,60-61H,3-17,19,21-54H2,1-2H3,(H,59,62)/b20-18-. The number of amides is 1. The third-order valence-corrected chi connectivity index (χ3v) is 13.6. The van der Waals surface area contributed by atoms with Gasteiger partial charge in [0.15, 0.2) is 0 Å². The number of carbonyl (C=O) groups excluding carboxylic acids is 2. The smallest absolute Gasteiger partial charge is 0.305 e. The summed E-state index contributed by atoms with van der Waals surface area (Å²) in [5, 5.41) is 23.3. The molecule has 0 fully saturated rings. The van der Waals surface area contributed by atoms with Gasteiger partial charge in [0.1, 0.15) is 0 Å². The second kappa shape index (κ2) is 54.2. The van der Waals surface area contributed by atoms with Crippen molar-refractivity contribution in [3.05, 3.63) is 12.2 Å². The van der Waals surface area contributed by atoms with E-state index in [1.807, 2.05) is 0 Å². The summed E-state index contributed by atoms with van der Waals surface area (Å²) in [5.74, 6) is -0.0594. The number of aliphatic hydroxyl groups is 2. The molecule has 0 saturated heterocycles. The van der Waals surface area contributed by atoms with Crippen molar-refractivity contribution in [1.29, 1.82) is 0 Å². The van der Waals surface area contributed by atoms with Crippen LogP contribution in [0.5, 0.6) is 0 Å². The summed E-state index contributed by atoms with van der Waals surface area (Å²) in [7, 11) is 0. The highest BCUT2D eigenvalue weighted by Crippen LogP contribution is 2.17. The quantitative estimate of drug-likeness (QED) is 0.0321. The molecule has 0 aromatic carbocycles. The monoisotopic (exact) mass is 904 g/mol. The molecule has 0 aliphatic rings. The van der Waals surface area contributed by atoms with Gasteiger partial charge in [-0.3, -0.25) is 9.59 Å². The summed E-state index contributed by atoms with van der Waals surface area (Å²) in [4.78, 5) is 24.6. The van der Waals surface area contributed by atoms with E-state index in [9.17, 15) is 19.8 Å². The number of ether oxygens (including phenoxy) is 1. The maximum Gasteiger partial charge on any atom is 0.305 e. The molecule has 1 amide bonds. The van der Waals surface area contributed by atoms with Gasteiger partial charge >= 0.3 is 5.97 Å². The van der Waals surface area contributed by atoms with E-state index >= 15 is 0 Å². The third-order valence-electron chi connectivity index (χ3n) is 13.6. The van der Waals surface area contributed by atoms with Crippen molar-refractivity contribution in [2.24, 2.45) is 0 Å². The van der Waals surface area contributed by atoms with E-state index in [0.717, 1.165) is 57.8 Å². The van der Waals surface area contributed by atoms with Crippen LogP contribution in [0.15, 0.2) is 12.2 Å². The Morgan fingerprint density at radius 2 is 0.734 bits per heavy atom. The number of hydrogen-bond acceptors (Lipinski definition) is 5. The van der Waals surface area contributed by atoms with Crippen LogP contribution in [0.2, 0.25) is 0 Å². The molecule has 380 valence electrons. The fraction of sp³-hybridized carbons (Fsp3) is 0.931. The minimum absolute atomic E-state index is 0.0116. The maximum atomic E-state index is 12.5. The van der Waals surface area contributed by atoms with Crippen molar-refractivity contribution < 1.29 is 24.5 Å². The fourth-order valence-electron chi connectivity index (χ4n) is 9.11. The largest absolute Gasteiger partial charge is 0.466 e. The predicted octanol–water partition coefficient (Wildman–Crippen LogP) is 17.7. The molecule has 0 rings (SSSR count). The summed E-state index contributed by atoms with van der Waals surface area (Å²) >= 11 is 0. The molecular weight excluding hydrogens is 791 g/mol. The topological polar surface area (TPSA) is 95.9 Å². The zero-order valence-corrected chi connectivity index (χ0v) is 43.3. The van der Waals surface area contributed by atoms with Crippen LogP contribution in [0, 0.1) is 0 Å². The molecule has 0 heterocycles. The summed E-state index contributed by atoms with van der Waals surface area (Å²) < 4.78 is 5.48. The molecule has 0 saturated carbocycles. The minimum Gasteiger partial charge on any atom is -0.466 e. The molecule has 0 spiro atoms. The lowest BCUT2D eigenvalue weighted by Crippen LogP contribution is -2.45. The van der Waals surface area contributed by atoms with Crippen LogP contribution < -0.4 is 5.32 Å². The van der Waals surface area contributed by atoms with Crippen molar-refractivity contribution in [3.63, 3.8) is 0 Å². The Morgan fingerprint density at radius 3 is 1.11 bits per heavy atom. The van der Waals surface area contributed by atoms with E-state index in [2.05, 4.69) is 31.3 Å². The third kappa shape index (κ3) is 50.0. The highest BCUT2D eigenvalue weighted by Gasteiger charge is 2.20. The molecule has 0 aromatic heterocycles. The molecule has 6 heteroatoms.